The molecule has 0 radical (unpaired) electrons. The highest BCUT2D eigenvalue weighted by atomic mass is 32.2. The van der Waals surface area contributed by atoms with E-state index in [0.717, 1.165) is 6.08 Å². The molecule has 1 saturated heterocycles. The molecule has 3 amide bonds. The monoisotopic (exact) mass is 313 g/mol. The fourth-order valence-electron chi connectivity index (χ4n) is 1.32. The van der Waals surface area contributed by atoms with E-state index in [2.05, 4.69) is 10.3 Å². The lowest BCUT2D eigenvalue weighted by atomic mass is 10.4. The maximum atomic E-state index is 11.7. The average molecular weight is 313 g/mol. The second-order valence-corrected chi connectivity index (χ2v) is 5.38. The van der Waals surface area contributed by atoms with Crippen LogP contribution in [-0.4, -0.2) is 44.6 Å². The Balaban J connectivity index is 2.07. The molecule has 2 rings (SSSR count). The minimum Gasteiger partial charge on any atom is -0.480 e. The Labute approximate surface area is 120 Å². The number of hydrogen-bond acceptors (Lipinski definition) is 7. The minimum atomic E-state index is -1.30. The molecule has 1 aromatic heterocycles. The number of carboxylic acids is 1. The molecule has 0 atom stereocenters. The molecule has 0 aliphatic carbocycles. The molecule has 1 aliphatic rings. The third-order valence-corrected chi connectivity index (χ3v) is 3.69. The Morgan fingerprint density at radius 1 is 1.45 bits per heavy atom. The zero-order chi connectivity index (χ0) is 14.7. The minimum absolute atomic E-state index is 0.120. The van der Waals surface area contributed by atoms with Crippen molar-refractivity contribution in [1.29, 1.82) is 0 Å². The van der Waals surface area contributed by atoms with Crippen molar-refractivity contribution < 1.29 is 24.3 Å². The first-order chi connectivity index (χ1) is 9.47. The highest BCUT2D eigenvalue weighted by Crippen LogP contribution is 2.30. The summed E-state index contributed by atoms with van der Waals surface area (Å²) in [6.07, 6.45) is 2.45. The number of carboxylic acid groups (broad SMARTS) is 1. The predicted molar refractivity (Wildman–Crippen MR) is 71.2 cm³/mol. The van der Waals surface area contributed by atoms with Gasteiger partial charge in [0, 0.05) is 17.7 Å². The molecule has 1 aliphatic heterocycles. The molecule has 2 N–H and O–H groups in total. The van der Waals surface area contributed by atoms with Crippen LogP contribution < -0.4 is 5.32 Å². The summed E-state index contributed by atoms with van der Waals surface area (Å²) in [6, 6.07) is 0. The highest BCUT2D eigenvalue weighted by molar-refractivity contribution is 8.18. The number of nitrogens with one attached hydrogen (secondary N) is 1. The van der Waals surface area contributed by atoms with Gasteiger partial charge in [-0.2, -0.15) is 0 Å². The van der Waals surface area contributed by atoms with Crippen molar-refractivity contribution in [3.8, 4) is 0 Å². The second kappa shape index (κ2) is 5.84. The number of aromatic nitrogens is 1. The molecule has 20 heavy (non-hydrogen) atoms. The number of thiazole rings is 1. The number of nitrogens with zero attached hydrogens (tertiary/aromatic N) is 2. The Morgan fingerprint density at radius 3 is 2.80 bits per heavy atom. The number of carbonyl (C=O) groups is 4. The van der Waals surface area contributed by atoms with E-state index in [4.69, 9.17) is 5.11 Å². The summed E-state index contributed by atoms with van der Waals surface area (Å²) in [7, 11) is 0. The molecule has 1 fully saturated rings. The molecule has 0 spiro atoms. The molecule has 8 nitrogen and oxygen atoms in total. The summed E-state index contributed by atoms with van der Waals surface area (Å²) in [6.45, 7) is -0.726. The van der Waals surface area contributed by atoms with Crippen molar-refractivity contribution in [1.82, 2.24) is 9.88 Å². The molecule has 10 heteroatoms. The number of imide groups is 1. The van der Waals surface area contributed by atoms with Gasteiger partial charge in [-0.1, -0.05) is 0 Å². The first-order valence-electron chi connectivity index (χ1n) is 5.15. The van der Waals surface area contributed by atoms with Crippen LogP contribution >= 0.6 is 23.1 Å². The Bertz CT molecular complexity index is 610. The number of aliphatic carboxylic acids is 1. The SMILES string of the molecule is O=C(O)CN1C(=O)SC(=CC(=O)Nc2nccs2)C1=O. The normalized spacial score (nSPS) is 16.8. The van der Waals surface area contributed by atoms with Gasteiger partial charge in [-0.3, -0.25) is 29.4 Å². The highest BCUT2D eigenvalue weighted by Gasteiger charge is 2.36. The van der Waals surface area contributed by atoms with Gasteiger partial charge >= 0.3 is 5.97 Å². The third-order valence-electron chi connectivity index (χ3n) is 2.09. The summed E-state index contributed by atoms with van der Waals surface area (Å²) in [5.41, 5.74) is 0. The number of amides is 3. The molecule has 1 aromatic rings. The van der Waals surface area contributed by atoms with Crippen molar-refractivity contribution in [2.75, 3.05) is 11.9 Å². The van der Waals surface area contributed by atoms with Crippen molar-refractivity contribution in [3.63, 3.8) is 0 Å². The molecule has 0 unspecified atom stereocenters. The van der Waals surface area contributed by atoms with Crippen LogP contribution in [0.3, 0.4) is 0 Å². The van der Waals surface area contributed by atoms with Gasteiger partial charge in [-0.05, 0) is 11.8 Å². The first kappa shape index (κ1) is 14.2. The first-order valence-corrected chi connectivity index (χ1v) is 6.84. The van der Waals surface area contributed by atoms with Crippen LogP contribution in [0.4, 0.5) is 9.93 Å². The van der Waals surface area contributed by atoms with Gasteiger partial charge < -0.3 is 5.11 Å². The van der Waals surface area contributed by atoms with E-state index in [0.29, 0.717) is 21.8 Å². The molecular weight excluding hydrogens is 306 g/mol. The molecule has 0 bridgehead atoms. The van der Waals surface area contributed by atoms with Gasteiger partial charge in [0.1, 0.15) is 6.54 Å². The zero-order valence-corrected chi connectivity index (χ0v) is 11.4. The van der Waals surface area contributed by atoms with E-state index >= 15 is 0 Å². The van der Waals surface area contributed by atoms with Crippen molar-refractivity contribution in [3.05, 3.63) is 22.6 Å². The van der Waals surface area contributed by atoms with E-state index in [1.165, 1.54) is 17.5 Å². The lowest BCUT2D eigenvalue weighted by molar-refractivity contribution is -0.140. The summed E-state index contributed by atoms with van der Waals surface area (Å²) < 4.78 is 0. The number of hydrogen-bond donors (Lipinski definition) is 2. The van der Waals surface area contributed by atoms with Crippen LogP contribution in [0.2, 0.25) is 0 Å². The van der Waals surface area contributed by atoms with Crippen LogP contribution in [0.1, 0.15) is 0 Å². The zero-order valence-electron chi connectivity index (χ0n) is 9.73. The number of thioether (sulfide) groups is 1. The fourth-order valence-corrected chi connectivity index (χ4v) is 2.66. The molecule has 0 aromatic carbocycles. The molecular formula is C10H7N3O5S2. The molecule has 2 heterocycles. The lowest BCUT2D eigenvalue weighted by Crippen LogP contribution is -2.33. The fraction of sp³-hybridized carbons (Fsp3) is 0.100. The molecule has 104 valence electrons. The number of carbonyl (C=O) groups excluding carboxylic acids is 3. The predicted octanol–water partition coefficient (Wildman–Crippen LogP) is 0.746. The Hall–Kier alpha value is -2.20. The quantitative estimate of drug-likeness (QED) is 0.787. The van der Waals surface area contributed by atoms with Gasteiger partial charge in [0.15, 0.2) is 5.13 Å². The summed E-state index contributed by atoms with van der Waals surface area (Å²) in [4.78, 5) is 49.6. The standard InChI is InChI=1S/C10H7N3O5S2/c14-6(12-9-11-1-2-19-9)3-5-8(17)13(4-7(15)16)10(18)20-5/h1-3H,4H2,(H,15,16)(H,11,12,14). The van der Waals surface area contributed by atoms with Crippen LogP contribution in [0.5, 0.6) is 0 Å². The van der Waals surface area contributed by atoms with Crippen LogP contribution in [0.25, 0.3) is 0 Å². The lowest BCUT2D eigenvalue weighted by Gasteiger charge is -2.07. The summed E-state index contributed by atoms with van der Waals surface area (Å²) in [5, 5.41) is 12.3. The topological polar surface area (TPSA) is 117 Å². The van der Waals surface area contributed by atoms with Gasteiger partial charge in [-0.15, -0.1) is 11.3 Å². The van der Waals surface area contributed by atoms with Gasteiger partial charge in [0.05, 0.1) is 4.91 Å². The third kappa shape index (κ3) is 3.22. The number of anilines is 1. The largest absolute Gasteiger partial charge is 0.480 e. The van der Waals surface area contributed by atoms with Crippen LogP contribution in [0.15, 0.2) is 22.6 Å². The van der Waals surface area contributed by atoms with Gasteiger partial charge in [0.25, 0.3) is 17.1 Å². The summed E-state index contributed by atoms with van der Waals surface area (Å²) >= 11 is 1.72. The average Bonchev–Trinajstić information content (AvgIpc) is 2.93. The number of rotatable bonds is 4. The maximum Gasteiger partial charge on any atom is 0.323 e. The molecule has 0 saturated carbocycles. The van der Waals surface area contributed by atoms with Gasteiger partial charge in [-0.25, -0.2) is 4.98 Å². The second-order valence-electron chi connectivity index (χ2n) is 3.49. The van der Waals surface area contributed by atoms with E-state index in [-0.39, 0.29) is 4.91 Å². The Morgan fingerprint density at radius 2 is 2.20 bits per heavy atom. The Kier molecular flexibility index (Phi) is 4.15. The van der Waals surface area contributed by atoms with E-state index in [1.807, 2.05) is 0 Å². The van der Waals surface area contributed by atoms with E-state index in [9.17, 15) is 19.2 Å². The van der Waals surface area contributed by atoms with Crippen molar-refractivity contribution in [2.45, 2.75) is 0 Å². The van der Waals surface area contributed by atoms with E-state index < -0.39 is 29.6 Å². The van der Waals surface area contributed by atoms with Crippen LogP contribution in [-0.2, 0) is 14.4 Å². The maximum absolute atomic E-state index is 11.7. The van der Waals surface area contributed by atoms with Gasteiger partial charge in [0.2, 0.25) is 0 Å². The summed E-state index contributed by atoms with van der Waals surface area (Å²) in [5.74, 6) is -2.71. The van der Waals surface area contributed by atoms with Crippen molar-refractivity contribution >= 4 is 51.3 Å². The van der Waals surface area contributed by atoms with E-state index in [1.54, 1.807) is 5.38 Å². The van der Waals surface area contributed by atoms with Crippen molar-refractivity contribution in [2.24, 2.45) is 0 Å². The smallest absolute Gasteiger partial charge is 0.323 e. The van der Waals surface area contributed by atoms with Crippen LogP contribution in [0, 0.1) is 0 Å².